The van der Waals surface area contributed by atoms with Crippen molar-refractivity contribution < 1.29 is 23.4 Å². The quantitative estimate of drug-likeness (QED) is 0.731. The van der Waals surface area contributed by atoms with Crippen molar-refractivity contribution in [2.24, 2.45) is 0 Å². The van der Waals surface area contributed by atoms with Crippen LogP contribution >= 0.6 is 0 Å². The summed E-state index contributed by atoms with van der Waals surface area (Å²) in [6.07, 6.45) is -0.635. The number of aliphatic carboxylic acids is 1. The fourth-order valence-corrected chi connectivity index (χ4v) is 3.97. The van der Waals surface area contributed by atoms with E-state index in [9.17, 15) is 18.3 Å². The molecular formula is C10H15N3O5S. The van der Waals surface area contributed by atoms with Crippen molar-refractivity contribution in [3.63, 3.8) is 0 Å². The lowest BCUT2D eigenvalue weighted by Crippen LogP contribution is -2.53. The second-order valence-electron chi connectivity index (χ2n) is 4.53. The van der Waals surface area contributed by atoms with Gasteiger partial charge in [-0.2, -0.15) is 9.40 Å². The Bertz CT molecular complexity index is 615. The maximum absolute atomic E-state index is 12.3. The lowest BCUT2D eigenvalue weighted by atomic mass is 10.2. The zero-order valence-electron chi connectivity index (χ0n) is 10.6. The minimum absolute atomic E-state index is 0.0284. The van der Waals surface area contributed by atoms with Crippen molar-refractivity contribution in [1.82, 2.24) is 14.1 Å². The first-order valence-corrected chi connectivity index (χ1v) is 7.11. The zero-order chi connectivity index (χ0) is 14.4. The lowest BCUT2D eigenvalue weighted by molar-refractivity contribution is -0.137. The average Bonchev–Trinajstić information content (AvgIpc) is 2.49. The van der Waals surface area contributed by atoms with Gasteiger partial charge >= 0.3 is 5.97 Å². The number of aryl methyl sites for hydroxylation is 1. The maximum Gasteiger partial charge on any atom is 0.325 e. The van der Waals surface area contributed by atoms with Gasteiger partial charge in [0.05, 0.1) is 17.5 Å². The SMILES string of the molecule is Cc1nn(CC(=O)O)c(C)c1S(=O)(=O)N1CC(O)C1. The van der Waals surface area contributed by atoms with Crippen LogP contribution in [0.15, 0.2) is 4.90 Å². The van der Waals surface area contributed by atoms with Gasteiger partial charge in [0.25, 0.3) is 0 Å². The number of carbonyl (C=O) groups is 1. The summed E-state index contributed by atoms with van der Waals surface area (Å²) in [7, 11) is -3.71. The van der Waals surface area contributed by atoms with Crippen molar-refractivity contribution >= 4 is 16.0 Å². The molecule has 0 bridgehead atoms. The van der Waals surface area contributed by atoms with Gasteiger partial charge in [-0.15, -0.1) is 0 Å². The molecule has 0 radical (unpaired) electrons. The van der Waals surface area contributed by atoms with Crippen LogP contribution in [-0.2, 0) is 21.4 Å². The molecule has 106 valence electrons. The molecule has 0 aromatic carbocycles. The second-order valence-corrected chi connectivity index (χ2v) is 6.40. The van der Waals surface area contributed by atoms with E-state index >= 15 is 0 Å². The summed E-state index contributed by atoms with van der Waals surface area (Å²) in [6, 6.07) is 0. The molecule has 0 unspecified atom stereocenters. The highest BCUT2D eigenvalue weighted by molar-refractivity contribution is 7.89. The molecule has 0 aliphatic carbocycles. The molecule has 1 fully saturated rings. The Balaban J connectivity index is 2.40. The molecule has 19 heavy (non-hydrogen) atoms. The highest BCUT2D eigenvalue weighted by Gasteiger charge is 2.38. The molecule has 2 heterocycles. The van der Waals surface area contributed by atoms with Gasteiger partial charge in [0.1, 0.15) is 11.4 Å². The van der Waals surface area contributed by atoms with Gasteiger partial charge in [-0.05, 0) is 13.8 Å². The van der Waals surface area contributed by atoms with Gasteiger partial charge in [0.2, 0.25) is 10.0 Å². The van der Waals surface area contributed by atoms with Crippen LogP contribution in [0.5, 0.6) is 0 Å². The molecule has 2 rings (SSSR count). The van der Waals surface area contributed by atoms with E-state index in [0.717, 1.165) is 8.99 Å². The van der Waals surface area contributed by atoms with Crippen LogP contribution in [0.4, 0.5) is 0 Å². The number of sulfonamides is 1. The molecule has 0 atom stereocenters. The first kappa shape index (κ1) is 14.0. The van der Waals surface area contributed by atoms with E-state index in [1.807, 2.05) is 0 Å². The van der Waals surface area contributed by atoms with Crippen LogP contribution in [-0.4, -0.2) is 57.9 Å². The molecule has 1 aliphatic heterocycles. The molecule has 0 saturated carbocycles. The van der Waals surface area contributed by atoms with Crippen molar-refractivity contribution in [2.75, 3.05) is 13.1 Å². The van der Waals surface area contributed by atoms with Crippen molar-refractivity contribution in [3.05, 3.63) is 11.4 Å². The summed E-state index contributed by atoms with van der Waals surface area (Å²) < 4.78 is 26.9. The zero-order valence-corrected chi connectivity index (χ0v) is 11.4. The predicted molar refractivity (Wildman–Crippen MR) is 64.1 cm³/mol. The standard InChI is InChI=1S/C10H15N3O5S/c1-6-10(7(2)13(11-6)5-9(15)16)19(17,18)12-3-8(14)4-12/h8,14H,3-5H2,1-2H3,(H,15,16). The van der Waals surface area contributed by atoms with Crippen LogP contribution in [0.3, 0.4) is 0 Å². The summed E-state index contributed by atoms with van der Waals surface area (Å²) >= 11 is 0. The lowest BCUT2D eigenvalue weighted by Gasteiger charge is -2.34. The van der Waals surface area contributed by atoms with Crippen LogP contribution < -0.4 is 0 Å². The first-order valence-electron chi connectivity index (χ1n) is 5.67. The van der Waals surface area contributed by atoms with Crippen molar-refractivity contribution in [2.45, 2.75) is 31.4 Å². The number of rotatable bonds is 4. The molecule has 9 heteroatoms. The molecule has 8 nitrogen and oxygen atoms in total. The number of aromatic nitrogens is 2. The Morgan fingerprint density at radius 3 is 2.47 bits per heavy atom. The molecule has 0 amide bonds. The Morgan fingerprint density at radius 2 is 2.00 bits per heavy atom. The van der Waals surface area contributed by atoms with E-state index < -0.39 is 22.1 Å². The fourth-order valence-electron chi connectivity index (χ4n) is 2.08. The average molecular weight is 289 g/mol. The molecule has 0 spiro atoms. The van der Waals surface area contributed by atoms with E-state index in [-0.39, 0.29) is 30.2 Å². The van der Waals surface area contributed by atoms with Gasteiger partial charge < -0.3 is 10.2 Å². The number of carboxylic acid groups (broad SMARTS) is 1. The molecule has 1 aliphatic rings. The number of nitrogens with zero attached hydrogens (tertiary/aromatic N) is 3. The van der Waals surface area contributed by atoms with Gasteiger partial charge in [-0.3, -0.25) is 9.48 Å². The van der Waals surface area contributed by atoms with Crippen molar-refractivity contribution in [1.29, 1.82) is 0 Å². The molecule has 1 saturated heterocycles. The number of hydrogen-bond donors (Lipinski definition) is 2. The molecule has 1 aromatic heterocycles. The predicted octanol–water partition coefficient (Wildman–Crippen LogP) is -1.05. The summed E-state index contributed by atoms with van der Waals surface area (Å²) in [5, 5.41) is 21.9. The Kier molecular flexibility index (Phi) is 3.37. The van der Waals surface area contributed by atoms with E-state index in [1.165, 1.54) is 13.8 Å². The third-order valence-corrected chi connectivity index (χ3v) is 5.11. The van der Waals surface area contributed by atoms with E-state index in [2.05, 4.69) is 5.10 Å². The fraction of sp³-hybridized carbons (Fsp3) is 0.600. The Morgan fingerprint density at radius 1 is 1.42 bits per heavy atom. The van der Waals surface area contributed by atoms with Crippen LogP contribution in [0.2, 0.25) is 0 Å². The van der Waals surface area contributed by atoms with Gasteiger partial charge in [0.15, 0.2) is 0 Å². The third-order valence-electron chi connectivity index (χ3n) is 3.03. The third kappa shape index (κ3) is 2.36. The monoisotopic (exact) mass is 289 g/mol. The highest BCUT2D eigenvalue weighted by Crippen LogP contribution is 2.26. The summed E-state index contributed by atoms with van der Waals surface area (Å²) in [5.41, 5.74) is 0.557. The topological polar surface area (TPSA) is 113 Å². The number of aliphatic hydroxyl groups excluding tert-OH is 1. The number of β-amino-alcohol motifs (C(OH)–C–C–N with tert-alkyl or cyclic N) is 1. The van der Waals surface area contributed by atoms with Gasteiger partial charge in [0, 0.05) is 13.1 Å². The van der Waals surface area contributed by atoms with Crippen LogP contribution in [0, 0.1) is 13.8 Å². The van der Waals surface area contributed by atoms with Gasteiger partial charge in [-0.25, -0.2) is 8.42 Å². The van der Waals surface area contributed by atoms with Crippen LogP contribution in [0.1, 0.15) is 11.4 Å². The van der Waals surface area contributed by atoms with E-state index in [1.54, 1.807) is 0 Å². The Labute approximate surface area is 110 Å². The normalized spacial score (nSPS) is 17.4. The Hall–Kier alpha value is -1.45. The number of hydrogen-bond acceptors (Lipinski definition) is 5. The minimum Gasteiger partial charge on any atom is -0.480 e. The minimum atomic E-state index is -3.71. The van der Waals surface area contributed by atoms with E-state index in [0.29, 0.717) is 5.69 Å². The summed E-state index contributed by atoms with van der Waals surface area (Å²) in [4.78, 5) is 10.7. The van der Waals surface area contributed by atoms with Gasteiger partial charge in [-0.1, -0.05) is 0 Å². The van der Waals surface area contributed by atoms with Crippen molar-refractivity contribution in [3.8, 4) is 0 Å². The number of carboxylic acids is 1. The largest absolute Gasteiger partial charge is 0.480 e. The smallest absolute Gasteiger partial charge is 0.325 e. The first-order chi connectivity index (χ1) is 8.73. The molecule has 2 N–H and O–H groups in total. The maximum atomic E-state index is 12.3. The van der Waals surface area contributed by atoms with E-state index in [4.69, 9.17) is 5.11 Å². The second kappa shape index (κ2) is 4.58. The summed E-state index contributed by atoms with van der Waals surface area (Å²) in [6.45, 7) is 2.78. The summed E-state index contributed by atoms with van der Waals surface area (Å²) in [5.74, 6) is -1.09. The van der Waals surface area contributed by atoms with Crippen LogP contribution in [0.25, 0.3) is 0 Å². The molecule has 1 aromatic rings. The highest BCUT2D eigenvalue weighted by atomic mass is 32.2. The molecular weight excluding hydrogens is 274 g/mol. The number of aliphatic hydroxyl groups is 1.